The van der Waals surface area contributed by atoms with Crippen molar-refractivity contribution in [3.8, 4) is 28.6 Å². The Morgan fingerprint density at radius 3 is 2.24 bits per heavy atom. The molecule has 8 heteroatoms. The second kappa shape index (κ2) is 8.08. The first-order valence-electron chi connectivity index (χ1n) is 8.98. The third-order valence-corrected chi connectivity index (χ3v) is 5.12. The number of aromatic amines is 1. The molecular weight excluding hydrogens is 392 g/mol. The van der Waals surface area contributed by atoms with E-state index in [0.29, 0.717) is 34.2 Å². The van der Waals surface area contributed by atoms with Gasteiger partial charge in [0.1, 0.15) is 23.1 Å². The molecular formula is C21H22N2O5S. The van der Waals surface area contributed by atoms with Crippen LogP contribution in [0, 0.1) is 6.92 Å². The highest BCUT2D eigenvalue weighted by molar-refractivity contribution is 7.90. The maximum atomic E-state index is 12.0. The summed E-state index contributed by atoms with van der Waals surface area (Å²) in [6.45, 7) is 5.49. The Labute approximate surface area is 169 Å². The van der Waals surface area contributed by atoms with E-state index in [4.69, 9.17) is 9.47 Å². The van der Waals surface area contributed by atoms with Crippen molar-refractivity contribution in [1.29, 1.82) is 0 Å². The van der Waals surface area contributed by atoms with Crippen LogP contribution in [0.1, 0.15) is 19.4 Å². The highest BCUT2D eigenvalue weighted by Crippen LogP contribution is 2.31. The van der Waals surface area contributed by atoms with E-state index in [0.717, 1.165) is 6.26 Å². The summed E-state index contributed by atoms with van der Waals surface area (Å²) in [5, 5.41) is 0. The van der Waals surface area contributed by atoms with Crippen molar-refractivity contribution in [3.05, 3.63) is 64.6 Å². The minimum atomic E-state index is -3.28. The van der Waals surface area contributed by atoms with Crippen LogP contribution in [0.25, 0.3) is 11.4 Å². The Balaban J connectivity index is 1.99. The number of ether oxygens (including phenoxy) is 2. The Kier molecular flexibility index (Phi) is 5.74. The van der Waals surface area contributed by atoms with Crippen molar-refractivity contribution < 1.29 is 17.9 Å². The molecule has 0 atom stereocenters. The number of nitrogens with one attached hydrogen (secondary N) is 1. The van der Waals surface area contributed by atoms with Crippen LogP contribution in [0.15, 0.2) is 58.4 Å². The third-order valence-electron chi connectivity index (χ3n) is 3.99. The minimum absolute atomic E-state index is 0.0582. The molecule has 0 unspecified atom stereocenters. The first kappa shape index (κ1) is 20.6. The molecule has 1 N–H and O–H groups in total. The molecule has 0 aliphatic heterocycles. The molecule has 0 aliphatic carbocycles. The number of nitrogens with zero attached hydrogens (tertiary/aromatic N) is 1. The monoisotopic (exact) mass is 414 g/mol. The molecule has 0 amide bonds. The summed E-state index contributed by atoms with van der Waals surface area (Å²) in [6.07, 6.45) is 2.60. The van der Waals surface area contributed by atoms with Gasteiger partial charge in [0.2, 0.25) is 0 Å². The molecule has 3 rings (SSSR count). The number of benzene rings is 2. The van der Waals surface area contributed by atoms with Gasteiger partial charge in [-0.3, -0.25) is 4.79 Å². The first-order chi connectivity index (χ1) is 13.6. The summed E-state index contributed by atoms with van der Waals surface area (Å²) in [7, 11) is -3.28. The number of sulfone groups is 1. The number of hydrogen-bond donors (Lipinski definition) is 1. The zero-order chi connectivity index (χ0) is 21.2. The summed E-state index contributed by atoms with van der Waals surface area (Å²) in [4.78, 5) is 19.2. The molecule has 2 aromatic carbocycles. The van der Waals surface area contributed by atoms with E-state index < -0.39 is 9.84 Å². The molecule has 0 fully saturated rings. The van der Waals surface area contributed by atoms with Crippen molar-refractivity contribution in [2.45, 2.75) is 31.8 Å². The van der Waals surface area contributed by atoms with E-state index in [2.05, 4.69) is 9.97 Å². The van der Waals surface area contributed by atoms with Gasteiger partial charge in [0.25, 0.3) is 5.56 Å². The summed E-state index contributed by atoms with van der Waals surface area (Å²) in [5.74, 6) is 1.89. The van der Waals surface area contributed by atoms with Crippen molar-refractivity contribution in [1.82, 2.24) is 9.97 Å². The molecule has 7 nitrogen and oxygen atoms in total. The van der Waals surface area contributed by atoms with Gasteiger partial charge in [-0.1, -0.05) is 0 Å². The topological polar surface area (TPSA) is 98.3 Å². The van der Waals surface area contributed by atoms with E-state index in [1.807, 2.05) is 13.8 Å². The van der Waals surface area contributed by atoms with Crippen LogP contribution in [0.4, 0.5) is 0 Å². The van der Waals surface area contributed by atoms with E-state index in [9.17, 15) is 13.2 Å². The molecule has 152 valence electrons. The van der Waals surface area contributed by atoms with Gasteiger partial charge in [-0.25, -0.2) is 13.4 Å². The molecule has 1 heterocycles. The number of aromatic nitrogens is 2. The van der Waals surface area contributed by atoms with Crippen LogP contribution in [0.3, 0.4) is 0 Å². The molecule has 0 saturated carbocycles. The van der Waals surface area contributed by atoms with Crippen molar-refractivity contribution in [3.63, 3.8) is 0 Å². The third kappa shape index (κ3) is 5.23. The predicted octanol–water partition coefficient (Wildman–Crippen LogP) is 3.73. The maximum Gasteiger partial charge on any atom is 0.254 e. The molecule has 0 bridgehead atoms. The molecule has 0 radical (unpaired) electrons. The van der Waals surface area contributed by atoms with Crippen LogP contribution < -0.4 is 15.0 Å². The van der Waals surface area contributed by atoms with Crippen LogP contribution in [0.5, 0.6) is 17.2 Å². The second-order valence-electron chi connectivity index (χ2n) is 6.95. The first-order valence-corrected chi connectivity index (χ1v) is 10.9. The molecule has 3 aromatic rings. The highest BCUT2D eigenvalue weighted by atomic mass is 32.2. The molecule has 1 aromatic heterocycles. The van der Waals surface area contributed by atoms with E-state index in [1.54, 1.807) is 37.3 Å². The standard InChI is InChI=1S/C21H22N2O5S/c1-13(2)27-17-9-15(20-22-12-14(3)21(24)23-20)10-18(11-17)28-16-5-7-19(8-6-16)29(4,25)26/h5-13H,1-4H3,(H,22,23,24). The number of hydrogen-bond acceptors (Lipinski definition) is 6. The predicted molar refractivity (Wildman–Crippen MR) is 110 cm³/mol. The Hall–Kier alpha value is -3.13. The van der Waals surface area contributed by atoms with Gasteiger partial charge in [-0.05, 0) is 57.2 Å². The largest absolute Gasteiger partial charge is 0.491 e. The van der Waals surface area contributed by atoms with Gasteiger partial charge in [0, 0.05) is 29.6 Å². The van der Waals surface area contributed by atoms with Crippen LogP contribution in [-0.4, -0.2) is 30.7 Å². The van der Waals surface area contributed by atoms with Gasteiger partial charge in [-0.2, -0.15) is 0 Å². The lowest BCUT2D eigenvalue weighted by Crippen LogP contribution is -2.11. The average Bonchev–Trinajstić information content (AvgIpc) is 2.63. The second-order valence-corrected chi connectivity index (χ2v) is 8.97. The zero-order valence-electron chi connectivity index (χ0n) is 16.6. The van der Waals surface area contributed by atoms with Crippen LogP contribution >= 0.6 is 0 Å². The smallest absolute Gasteiger partial charge is 0.254 e. The summed E-state index contributed by atoms with van der Waals surface area (Å²) in [6, 6.07) is 11.4. The van der Waals surface area contributed by atoms with Crippen molar-refractivity contribution >= 4 is 9.84 Å². The Bertz CT molecular complexity index is 1180. The fourth-order valence-electron chi connectivity index (χ4n) is 2.60. The van der Waals surface area contributed by atoms with Gasteiger partial charge < -0.3 is 14.5 Å². The molecule has 29 heavy (non-hydrogen) atoms. The van der Waals surface area contributed by atoms with Gasteiger partial charge in [0.15, 0.2) is 9.84 Å². The zero-order valence-corrected chi connectivity index (χ0v) is 17.4. The van der Waals surface area contributed by atoms with Crippen molar-refractivity contribution in [2.75, 3.05) is 6.26 Å². The summed E-state index contributed by atoms with van der Waals surface area (Å²) >= 11 is 0. The fraction of sp³-hybridized carbons (Fsp3) is 0.238. The van der Waals surface area contributed by atoms with E-state index in [1.165, 1.54) is 18.3 Å². The Morgan fingerprint density at radius 1 is 1.00 bits per heavy atom. The van der Waals surface area contributed by atoms with Crippen LogP contribution in [0.2, 0.25) is 0 Å². The normalized spacial score (nSPS) is 11.5. The number of H-pyrrole nitrogens is 1. The van der Waals surface area contributed by atoms with E-state index in [-0.39, 0.29) is 16.6 Å². The molecule has 0 aliphatic rings. The number of rotatable bonds is 6. The Morgan fingerprint density at radius 2 is 1.66 bits per heavy atom. The van der Waals surface area contributed by atoms with Gasteiger partial charge >= 0.3 is 0 Å². The summed E-state index contributed by atoms with van der Waals surface area (Å²) in [5.41, 5.74) is 0.929. The average molecular weight is 414 g/mol. The quantitative estimate of drug-likeness (QED) is 0.660. The maximum absolute atomic E-state index is 12.0. The van der Waals surface area contributed by atoms with Crippen LogP contribution in [-0.2, 0) is 9.84 Å². The lowest BCUT2D eigenvalue weighted by atomic mass is 10.1. The lowest BCUT2D eigenvalue weighted by Gasteiger charge is -2.14. The molecule has 0 saturated heterocycles. The molecule has 0 spiro atoms. The summed E-state index contributed by atoms with van der Waals surface area (Å²) < 4.78 is 34.9. The van der Waals surface area contributed by atoms with Gasteiger partial charge in [0.05, 0.1) is 11.0 Å². The van der Waals surface area contributed by atoms with E-state index >= 15 is 0 Å². The van der Waals surface area contributed by atoms with Gasteiger partial charge in [-0.15, -0.1) is 0 Å². The SMILES string of the molecule is Cc1cnc(-c2cc(Oc3ccc(S(C)(=O)=O)cc3)cc(OC(C)C)c2)[nH]c1=O. The minimum Gasteiger partial charge on any atom is -0.491 e. The lowest BCUT2D eigenvalue weighted by molar-refractivity contribution is 0.241. The number of aryl methyl sites for hydroxylation is 1. The fourth-order valence-corrected chi connectivity index (χ4v) is 3.23. The highest BCUT2D eigenvalue weighted by Gasteiger charge is 2.11. The van der Waals surface area contributed by atoms with Crippen molar-refractivity contribution in [2.24, 2.45) is 0 Å².